The number of esters is 1. The smallest absolute Gasteiger partial charge is 0.339 e. The van der Waals surface area contributed by atoms with Gasteiger partial charge in [0.1, 0.15) is 11.3 Å². The minimum atomic E-state index is -1.26. The Kier molecular flexibility index (Phi) is 4.41. The monoisotopic (exact) mass is 263 g/mol. The number of carbonyl (C=O) groups excluding carboxylic acids is 2. The van der Waals surface area contributed by atoms with E-state index in [1.807, 2.05) is 0 Å². The molecule has 0 aliphatic heterocycles. The molecule has 0 aliphatic carbocycles. The molecule has 19 heavy (non-hydrogen) atoms. The fourth-order valence-corrected chi connectivity index (χ4v) is 1.26. The molecule has 0 bridgehead atoms. The van der Waals surface area contributed by atoms with E-state index in [1.165, 1.54) is 32.0 Å². The van der Waals surface area contributed by atoms with E-state index in [-0.39, 0.29) is 17.0 Å². The van der Waals surface area contributed by atoms with E-state index in [0.29, 0.717) is 5.57 Å². The van der Waals surface area contributed by atoms with Crippen molar-refractivity contribution < 1.29 is 24.2 Å². The van der Waals surface area contributed by atoms with Crippen LogP contribution in [0.5, 0.6) is 5.75 Å². The molecule has 0 saturated heterocycles. The van der Waals surface area contributed by atoms with Gasteiger partial charge in [-0.3, -0.25) is 9.59 Å². The molecule has 0 aliphatic rings. The predicted molar refractivity (Wildman–Crippen MR) is 68.2 cm³/mol. The largest absolute Gasteiger partial charge is 0.478 e. The normalized spacial score (nSPS) is 9.58. The van der Waals surface area contributed by atoms with E-state index in [2.05, 4.69) is 11.9 Å². The van der Waals surface area contributed by atoms with Crippen molar-refractivity contribution in [2.45, 2.75) is 13.8 Å². The molecule has 0 fully saturated rings. The van der Waals surface area contributed by atoms with Crippen LogP contribution in [0.15, 0.2) is 30.4 Å². The molecule has 1 aromatic rings. The van der Waals surface area contributed by atoms with E-state index in [1.54, 1.807) is 0 Å². The zero-order valence-corrected chi connectivity index (χ0v) is 10.5. The number of carboxylic acid groups (broad SMARTS) is 1. The number of nitrogens with one attached hydrogen (secondary N) is 1. The summed E-state index contributed by atoms with van der Waals surface area (Å²) in [5, 5.41) is 11.5. The number of carbonyl (C=O) groups is 3. The van der Waals surface area contributed by atoms with Crippen molar-refractivity contribution in [3.05, 3.63) is 35.9 Å². The highest BCUT2D eigenvalue weighted by Crippen LogP contribution is 2.23. The van der Waals surface area contributed by atoms with Crippen LogP contribution in [0, 0.1) is 0 Å². The second kappa shape index (κ2) is 5.81. The summed E-state index contributed by atoms with van der Waals surface area (Å²) in [4.78, 5) is 33.3. The van der Waals surface area contributed by atoms with Gasteiger partial charge in [-0.1, -0.05) is 6.58 Å². The highest BCUT2D eigenvalue weighted by molar-refractivity contribution is 6.03. The Balaban J connectivity index is 3.09. The molecule has 1 rings (SSSR count). The van der Waals surface area contributed by atoms with Crippen molar-refractivity contribution in [3.63, 3.8) is 0 Å². The molecular weight excluding hydrogens is 250 g/mol. The van der Waals surface area contributed by atoms with Gasteiger partial charge in [-0.15, -0.1) is 0 Å². The van der Waals surface area contributed by atoms with Gasteiger partial charge < -0.3 is 15.2 Å². The lowest BCUT2D eigenvalue weighted by molar-refractivity contribution is -0.131. The highest BCUT2D eigenvalue weighted by atomic mass is 16.5. The highest BCUT2D eigenvalue weighted by Gasteiger charge is 2.15. The Hall–Kier alpha value is -2.63. The first-order valence-electron chi connectivity index (χ1n) is 5.34. The standard InChI is InChI=1S/C13H13NO5/c1-7(2)12(16)14-9-4-5-11(19-8(3)15)10(6-9)13(17)18/h4-6H,1H2,2-3H3,(H,14,16)(H,17,18). The van der Waals surface area contributed by atoms with Crippen molar-refractivity contribution in [2.75, 3.05) is 5.32 Å². The number of aromatic carboxylic acids is 1. The molecule has 0 unspecified atom stereocenters. The Bertz CT molecular complexity index is 562. The van der Waals surface area contributed by atoms with Crippen LogP contribution in [0.1, 0.15) is 24.2 Å². The molecule has 1 aromatic carbocycles. The van der Waals surface area contributed by atoms with Gasteiger partial charge in [-0.2, -0.15) is 0 Å². The lowest BCUT2D eigenvalue weighted by Gasteiger charge is -2.09. The number of hydrogen-bond acceptors (Lipinski definition) is 4. The molecule has 0 atom stereocenters. The molecule has 0 heterocycles. The average Bonchev–Trinajstić information content (AvgIpc) is 2.29. The third kappa shape index (κ3) is 3.95. The molecule has 2 N–H and O–H groups in total. The number of carboxylic acids is 1. The van der Waals surface area contributed by atoms with Gasteiger partial charge in [0.05, 0.1) is 0 Å². The summed E-state index contributed by atoms with van der Waals surface area (Å²) < 4.78 is 4.76. The zero-order chi connectivity index (χ0) is 14.6. The molecule has 6 heteroatoms. The molecule has 0 radical (unpaired) electrons. The molecule has 100 valence electrons. The van der Waals surface area contributed by atoms with Crippen LogP contribution in [-0.4, -0.2) is 23.0 Å². The lowest BCUT2D eigenvalue weighted by atomic mass is 10.1. The SMILES string of the molecule is C=C(C)C(=O)Nc1ccc(OC(C)=O)c(C(=O)O)c1. The summed E-state index contributed by atoms with van der Waals surface area (Å²) in [6.45, 7) is 6.17. The van der Waals surface area contributed by atoms with Gasteiger partial charge in [0.2, 0.25) is 0 Å². The summed E-state index contributed by atoms with van der Waals surface area (Å²) in [6, 6.07) is 3.95. The van der Waals surface area contributed by atoms with Gasteiger partial charge in [0.25, 0.3) is 5.91 Å². The first-order chi connectivity index (χ1) is 8.81. The predicted octanol–water partition coefficient (Wildman–Crippen LogP) is 1.82. The van der Waals surface area contributed by atoms with Gasteiger partial charge in [-0.25, -0.2) is 4.79 Å². The number of amides is 1. The van der Waals surface area contributed by atoms with Crippen LogP contribution in [0.2, 0.25) is 0 Å². The van der Waals surface area contributed by atoms with E-state index < -0.39 is 17.8 Å². The molecule has 1 amide bonds. The Labute approximate surface area is 109 Å². The second-order valence-corrected chi connectivity index (χ2v) is 3.84. The summed E-state index contributed by atoms with van der Waals surface area (Å²) >= 11 is 0. The van der Waals surface area contributed by atoms with E-state index in [0.717, 1.165) is 0 Å². The zero-order valence-electron chi connectivity index (χ0n) is 10.5. The number of anilines is 1. The fourth-order valence-electron chi connectivity index (χ4n) is 1.26. The second-order valence-electron chi connectivity index (χ2n) is 3.84. The van der Waals surface area contributed by atoms with Crippen LogP contribution >= 0.6 is 0 Å². The Morgan fingerprint density at radius 2 is 1.89 bits per heavy atom. The van der Waals surface area contributed by atoms with Crippen LogP contribution in [0.25, 0.3) is 0 Å². The summed E-state index contributed by atoms with van der Waals surface area (Å²) in [5.74, 6) is -2.38. The summed E-state index contributed by atoms with van der Waals surface area (Å²) in [7, 11) is 0. The summed E-state index contributed by atoms with van der Waals surface area (Å²) in [5.41, 5.74) is 0.358. The number of ether oxygens (including phenoxy) is 1. The van der Waals surface area contributed by atoms with Gasteiger partial charge in [-0.05, 0) is 25.1 Å². The lowest BCUT2D eigenvalue weighted by Crippen LogP contribution is -2.13. The van der Waals surface area contributed by atoms with Crippen molar-refractivity contribution in [2.24, 2.45) is 0 Å². The van der Waals surface area contributed by atoms with Crippen molar-refractivity contribution >= 4 is 23.5 Å². The van der Waals surface area contributed by atoms with Gasteiger partial charge in [0.15, 0.2) is 0 Å². The van der Waals surface area contributed by atoms with Crippen LogP contribution in [0.4, 0.5) is 5.69 Å². The van der Waals surface area contributed by atoms with Crippen LogP contribution in [-0.2, 0) is 9.59 Å². The van der Waals surface area contributed by atoms with E-state index in [9.17, 15) is 14.4 Å². The molecule has 6 nitrogen and oxygen atoms in total. The molecular formula is C13H13NO5. The summed E-state index contributed by atoms with van der Waals surface area (Å²) in [6.07, 6.45) is 0. The quantitative estimate of drug-likeness (QED) is 0.491. The fraction of sp³-hybridized carbons (Fsp3) is 0.154. The number of rotatable bonds is 4. The van der Waals surface area contributed by atoms with E-state index in [4.69, 9.17) is 9.84 Å². The van der Waals surface area contributed by atoms with Crippen molar-refractivity contribution in [1.82, 2.24) is 0 Å². The average molecular weight is 263 g/mol. The van der Waals surface area contributed by atoms with Crippen LogP contribution in [0.3, 0.4) is 0 Å². The topological polar surface area (TPSA) is 92.7 Å². The maximum absolute atomic E-state index is 11.4. The minimum Gasteiger partial charge on any atom is -0.478 e. The number of hydrogen-bond donors (Lipinski definition) is 2. The van der Waals surface area contributed by atoms with Crippen LogP contribution < -0.4 is 10.1 Å². The third-order valence-electron chi connectivity index (χ3n) is 2.11. The first kappa shape index (κ1) is 14.4. The Morgan fingerprint density at radius 3 is 2.37 bits per heavy atom. The maximum atomic E-state index is 11.4. The Morgan fingerprint density at radius 1 is 1.26 bits per heavy atom. The van der Waals surface area contributed by atoms with Crippen molar-refractivity contribution in [1.29, 1.82) is 0 Å². The van der Waals surface area contributed by atoms with Crippen molar-refractivity contribution in [3.8, 4) is 5.75 Å². The van der Waals surface area contributed by atoms with Gasteiger partial charge in [0, 0.05) is 18.2 Å². The maximum Gasteiger partial charge on any atom is 0.339 e. The molecule has 0 saturated carbocycles. The molecule has 0 aromatic heterocycles. The van der Waals surface area contributed by atoms with E-state index >= 15 is 0 Å². The third-order valence-corrected chi connectivity index (χ3v) is 2.11. The van der Waals surface area contributed by atoms with Gasteiger partial charge >= 0.3 is 11.9 Å². The number of benzene rings is 1. The molecule has 0 spiro atoms. The minimum absolute atomic E-state index is 0.0756. The first-order valence-corrected chi connectivity index (χ1v) is 5.34.